The maximum atomic E-state index is 10.9. The summed E-state index contributed by atoms with van der Waals surface area (Å²) in [6.45, 7) is 4.74. The van der Waals surface area contributed by atoms with Gasteiger partial charge in [-0.25, -0.2) is 0 Å². The fraction of sp³-hybridized carbons (Fsp3) is 0.917. The molecule has 5 atom stereocenters. The van der Waals surface area contributed by atoms with Crippen molar-refractivity contribution in [2.24, 2.45) is 5.73 Å². The summed E-state index contributed by atoms with van der Waals surface area (Å²) in [7, 11) is 0. The molecule has 2 saturated heterocycles. The van der Waals surface area contributed by atoms with Gasteiger partial charge >= 0.3 is 5.97 Å². The van der Waals surface area contributed by atoms with E-state index >= 15 is 0 Å². The minimum atomic E-state index is -0.769. The number of hydrogen-bond donors (Lipinski definition) is 2. The number of ether oxygens (including phenoxy) is 4. The van der Waals surface area contributed by atoms with Gasteiger partial charge in [-0.1, -0.05) is 0 Å². The Morgan fingerprint density at radius 3 is 2.53 bits per heavy atom. The van der Waals surface area contributed by atoms with Gasteiger partial charge < -0.3 is 29.8 Å². The van der Waals surface area contributed by atoms with Crippen LogP contribution >= 0.6 is 0 Å². The third-order valence-corrected chi connectivity index (χ3v) is 3.32. The minimum absolute atomic E-state index is 0.0547. The van der Waals surface area contributed by atoms with E-state index in [1.165, 1.54) is 6.92 Å². The molecule has 3 N–H and O–H groups in total. The molecule has 0 aromatic carbocycles. The molecule has 2 fully saturated rings. The van der Waals surface area contributed by atoms with E-state index in [4.69, 9.17) is 24.7 Å². The van der Waals surface area contributed by atoms with Crippen molar-refractivity contribution in [1.82, 2.24) is 0 Å². The van der Waals surface area contributed by atoms with Crippen LogP contribution in [-0.2, 0) is 23.7 Å². The highest BCUT2D eigenvalue weighted by molar-refractivity contribution is 5.65. The van der Waals surface area contributed by atoms with Crippen LogP contribution in [0, 0.1) is 0 Å². The van der Waals surface area contributed by atoms with E-state index in [1.54, 1.807) is 13.8 Å². The summed E-state index contributed by atoms with van der Waals surface area (Å²) in [6, 6.07) is -0.481. The molecule has 0 amide bonds. The van der Waals surface area contributed by atoms with Crippen molar-refractivity contribution in [3.8, 4) is 0 Å². The first-order valence-electron chi connectivity index (χ1n) is 6.35. The Balaban J connectivity index is 2.11. The number of fused-ring (bicyclic) bond motifs is 1. The van der Waals surface area contributed by atoms with Crippen LogP contribution in [0.15, 0.2) is 0 Å². The summed E-state index contributed by atoms with van der Waals surface area (Å²) in [5, 5.41) is 9.30. The van der Waals surface area contributed by atoms with Gasteiger partial charge in [-0.15, -0.1) is 0 Å². The SMILES string of the molecule is CC(=O)OCC1OC(CO)[C@H](N)[C@H]2OC(C)(C)O[C@@H]12. The summed E-state index contributed by atoms with van der Waals surface area (Å²) >= 11 is 0. The van der Waals surface area contributed by atoms with Crippen LogP contribution in [0.2, 0.25) is 0 Å². The highest BCUT2D eigenvalue weighted by Gasteiger charge is 2.54. The topological polar surface area (TPSA) is 100 Å². The molecule has 2 aliphatic rings. The molecule has 2 aliphatic heterocycles. The second kappa shape index (κ2) is 5.34. The van der Waals surface area contributed by atoms with E-state index in [1.807, 2.05) is 0 Å². The molecule has 2 rings (SSSR count). The number of aliphatic hydroxyl groups is 1. The van der Waals surface area contributed by atoms with Crippen LogP contribution in [0.4, 0.5) is 0 Å². The molecule has 0 spiro atoms. The van der Waals surface area contributed by atoms with Crippen LogP contribution in [0.3, 0.4) is 0 Å². The molecule has 110 valence electrons. The Labute approximate surface area is 111 Å². The van der Waals surface area contributed by atoms with Crippen molar-refractivity contribution in [2.75, 3.05) is 13.2 Å². The molecule has 2 heterocycles. The standard InChI is InChI=1S/C12H21NO6/c1-6(15)16-5-8-10-11(19-12(2,3)18-10)9(13)7(4-14)17-8/h7-11,14H,4-5,13H2,1-3H3/t7?,8?,9-,10-,11+/m0/s1. The zero-order valence-corrected chi connectivity index (χ0v) is 11.4. The lowest BCUT2D eigenvalue weighted by atomic mass is 9.94. The number of esters is 1. The molecule has 0 radical (unpaired) electrons. The largest absolute Gasteiger partial charge is 0.463 e. The fourth-order valence-corrected chi connectivity index (χ4v) is 2.50. The van der Waals surface area contributed by atoms with E-state index in [2.05, 4.69) is 0 Å². The average molecular weight is 275 g/mol. The molecule has 7 nitrogen and oxygen atoms in total. The Hall–Kier alpha value is -0.730. The number of aliphatic hydroxyl groups excluding tert-OH is 1. The highest BCUT2D eigenvalue weighted by atomic mass is 16.8. The van der Waals surface area contributed by atoms with E-state index in [0.717, 1.165) is 0 Å². The van der Waals surface area contributed by atoms with Crippen molar-refractivity contribution >= 4 is 5.97 Å². The van der Waals surface area contributed by atoms with Crippen LogP contribution in [0.25, 0.3) is 0 Å². The molecule has 0 aromatic heterocycles. The summed E-state index contributed by atoms with van der Waals surface area (Å²) < 4.78 is 22.1. The molecule has 7 heteroatoms. The number of hydrogen-bond acceptors (Lipinski definition) is 7. The van der Waals surface area contributed by atoms with Gasteiger partial charge in [0, 0.05) is 6.92 Å². The summed E-state index contributed by atoms with van der Waals surface area (Å²) in [5.74, 6) is -1.16. The van der Waals surface area contributed by atoms with Gasteiger partial charge in [0.05, 0.1) is 18.8 Å². The van der Waals surface area contributed by atoms with Gasteiger partial charge in [0.1, 0.15) is 24.9 Å². The predicted octanol–water partition coefficient (Wildman–Crippen LogP) is -0.843. The second-order valence-electron chi connectivity index (χ2n) is 5.34. The summed E-state index contributed by atoms with van der Waals surface area (Å²) in [6.07, 6.45) is -1.85. The quantitative estimate of drug-likeness (QED) is 0.647. The van der Waals surface area contributed by atoms with Crippen LogP contribution in [0.5, 0.6) is 0 Å². The van der Waals surface area contributed by atoms with Gasteiger partial charge in [-0.2, -0.15) is 0 Å². The average Bonchev–Trinajstić information content (AvgIpc) is 2.64. The highest BCUT2D eigenvalue weighted by Crippen LogP contribution is 2.36. The van der Waals surface area contributed by atoms with Gasteiger partial charge in [0.15, 0.2) is 5.79 Å². The van der Waals surface area contributed by atoms with E-state index < -0.39 is 36.1 Å². The first kappa shape index (κ1) is 14.7. The Morgan fingerprint density at radius 1 is 1.32 bits per heavy atom. The van der Waals surface area contributed by atoms with Crippen molar-refractivity contribution in [3.05, 3.63) is 0 Å². The zero-order chi connectivity index (χ0) is 14.2. The Morgan fingerprint density at radius 2 is 1.95 bits per heavy atom. The van der Waals surface area contributed by atoms with Crippen molar-refractivity contribution in [2.45, 2.75) is 57.0 Å². The molecule has 0 bridgehead atoms. The number of carbonyl (C=O) groups is 1. The molecule has 0 saturated carbocycles. The van der Waals surface area contributed by atoms with Gasteiger partial charge in [0.2, 0.25) is 0 Å². The van der Waals surface area contributed by atoms with Crippen molar-refractivity contribution < 1.29 is 28.8 Å². The Kier molecular flexibility index (Phi) is 4.12. The molecular weight excluding hydrogens is 254 g/mol. The monoisotopic (exact) mass is 275 g/mol. The Bertz CT molecular complexity index is 347. The predicted molar refractivity (Wildman–Crippen MR) is 64.2 cm³/mol. The van der Waals surface area contributed by atoms with Gasteiger partial charge in [-0.3, -0.25) is 4.79 Å². The fourth-order valence-electron chi connectivity index (χ4n) is 2.50. The number of carbonyl (C=O) groups excluding carboxylic acids is 1. The van der Waals surface area contributed by atoms with Crippen LogP contribution in [-0.4, -0.2) is 60.5 Å². The number of rotatable bonds is 3. The summed E-state index contributed by atoms with van der Waals surface area (Å²) in [5.41, 5.74) is 6.02. The lowest BCUT2D eigenvalue weighted by Crippen LogP contribution is -2.61. The third kappa shape index (κ3) is 3.06. The molecule has 19 heavy (non-hydrogen) atoms. The molecular formula is C12H21NO6. The van der Waals surface area contributed by atoms with Crippen molar-refractivity contribution in [3.63, 3.8) is 0 Å². The molecule has 0 aliphatic carbocycles. The first-order chi connectivity index (χ1) is 8.84. The van der Waals surface area contributed by atoms with E-state index in [9.17, 15) is 9.90 Å². The lowest BCUT2D eigenvalue weighted by Gasteiger charge is -2.39. The normalized spacial score (nSPS) is 40.8. The van der Waals surface area contributed by atoms with Crippen LogP contribution < -0.4 is 5.73 Å². The van der Waals surface area contributed by atoms with Gasteiger partial charge in [-0.05, 0) is 13.8 Å². The van der Waals surface area contributed by atoms with E-state index in [0.29, 0.717) is 0 Å². The smallest absolute Gasteiger partial charge is 0.302 e. The summed E-state index contributed by atoms with van der Waals surface area (Å²) in [4.78, 5) is 10.9. The van der Waals surface area contributed by atoms with Gasteiger partial charge in [0.25, 0.3) is 0 Å². The minimum Gasteiger partial charge on any atom is -0.463 e. The third-order valence-electron chi connectivity index (χ3n) is 3.32. The second-order valence-corrected chi connectivity index (χ2v) is 5.34. The maximum absolute atomic E-state index is 10.9. The van der Waals surface area contributed by atoms with Crippen molar-refractivity contribution in [1.29, 1.82) is 0 Å². The molecule has 0 aromatic rings. The number of nitrogens with two attached hydrogens (primary N) is 1. The first-order valence-corrected chi connectivity index (χ1v) is 6.35. The molecule has 2 unspecified atom stereocenters. The maximum Gasteiger partial charge on any atom is 0.302 e. The lowest BCUT2D eigenvalue weighted by molar-refractivity contribution is -0.182. The van der Waals surface area contributed by atoms with Crippen LogP contribution in [0.1, 0.15) is 20.8 Å². The van der Waals surface area contributed by atoms with E-state index in [-0.39, 0.29) is 19.3 Å². The zero-order valence-electron chi connectivity index (χ0n) is 11.4.